The molecule has 1 amide bonds. The minimum atomic E-state index is -2.40. The number of hydrogen-bond acceptors (Lipinski definition) is 15. The topological polar surface area (TPSA) is 231 Å². The van der Waals surface area contributed by atoms with Gasteiger partial charge < -0.3 is 49.1 Å². The van der Waals surface area contributed by atoms with Crippen LogP contribution in [0.2, 0.25) is 0 Å². The fourth-order valence-corrected chi connectivity index (χ4v) is 11.1. The molecule has 4 N–H and O–H groups in total. The molecule has 1 aliphatic heterocycles. The molecule has 378 valence electrons. The second-order valence-corrected chi connectivity index (χ2v) is 20.9. The van der Waals surface area contributed by atoms with Crippen LogP contribution < -0.4 is 5.32 Å². The van der Waals surface area contributed by atoms with Crippen LogP contribution in [-0.4, -0.2) is 111 Å². The average molecular weight is 962 g/mol. The minimum absolute atomic E-state index is 0.0461. The number of fused-ring (bicyclic) bond motifs is 5. The quantitative estimate of drug-likeness (QED) is 0.0544. The first kappa shape index (κ1) is 53.2. The highest BCUT2D eigenvalue weighted by atomic mass is 16.6. The highest BCUT2D eigenvalue weighted by molar-refractivity contribution is 5.94. The summed E-state index contributed by atoms with van der Waals surface area (Å²) in [5.74, 6) is -6.06. The normalized spacial score (nSPS) is 30.1. The monoisotopic (exact) mass is 961 g/mol. The number of carbonyl (C=O) groups excluding carboxylic acids is 6. The lowest BCUT2D eigenvalue weighted by Crippen LogP contribution is -2.81. The zero-order chi connectivity index (χ0) is 50.7. The molecule has 0 aromatic heterocycles. The number of ether oxygens (including phenoxy) is 6. The summed E-state index contributed by atoms with van der Waals surface area (Å²) in [6.45, 7) is 14.0. The number of unbranched alkanes of at least 4 members (excludes halogenated alkanes) is 6. The maximum Gasteiger partial charge on any atom is 0.408 e. The molecule has 2 saturated carbocycles. The Morgan fingerprint density at radius 1 is 0.884 bits per heavy atom. The number of nitrogens with one attached hydrogen (secondary N) is 1. The number of esters is 4. The van der Waals surface area contributed by atoms with Crippen molar-refractivity contribution in [1.82, 2.24) is 5.32 Å². The molecule has 3 fully saturated rings. The summed E-state index contributed by atoms with van der Waals surface area (Å²) in [5.41, 5.74) is -8.31. The Hall–Kier alpha value is -5.16. The molecule has 11 atom stereocenters. The average Bonchev–Trinajstić information content (AvgIpc) is 3.28. The van der Waals surface area contributed by atoms with Crippen LogP contribution in [0.4, 0.5) is 4.79 Å². The van der Waals surface area contributed by atoms with E-state index in [-0.39, 0.29) is 36.2 Å². The molecular weight excluding hydrogens is 891 g/mol. The Morgan fingerprint density at radius 2 is 1.49 bits per heavy atom. The van der Waals surface area contributed by atoms with Crippen molar-refractivity contribution in [2.75, 3.05) is 6.61 Å². The molecule has 3 aliphatic carbocycles. The molecule has 6 rings (SSSR count). The predicted molar refractivity (Wildman–Crippen MR) is 250 cm³/mol. The van der Waals surface area contributed by atoms with E-state index in [9.17, 15) is 34.5 Å². The summed E-state index contributed by atoms with van der Waals surface area (Å²) >= 11 is 0. The molecule has 0 radical (unpaired) electrons. The van der Waals surface area contributed by atoms with Crippen LogP contribution in [0.25, 0.3) is 0 Å². The zero-order valence-electron chi connectivity index (χ0n) is 41.4. The molecule has 4 aliphatic rings. The number of alkyl carbamates (subject to hydrolysis) is 1. The van der Waals surface area contributed by atoms with Crippen LogP contribution >= 0.6 is 0 Å². The summed E-state index contributed by atoms with van der Waals surface area (Å²) in [5, 5.41) is 40.9. The van der Waals surface area contributed by atoms with Crippen molar-refractivity contribution in [1.29, 1.82) is 0 Å². The fourth-order valence-electron chi connectivity index (χ4n) is 11.1. The third-order valence-electron chi connectivity index (χ3n) is 14.8. The summed E-state index contributed by atoms with van der Waals surface area (Å²) in [6, 6.07) is 14.9. The molecule has 16 heteroatoms. The van der Waals surface area contributed by atoms with Crippen molar-refractivity contribution in [2.24, 2.45) is 16.7 Å². The van der Waals surface area contributed by atoms with Gasteiger partial charge >= 0.3 is 30.0 Å². The molecule has 1 unspecified atom stereocenters. The predicted octanol–water partition coefficient (Wildman–Crippen LogP) is 6.95. The number of rotatable bonds is 17. The molecular formula is C53H71NO15. The Labute approximate surface area is 404 Å². The van der Waals surface area contributed by atoms with Crippen molar-refractivity contribution in [2.45, 2.75) is 186 Å². The van der Waals surface area contributed by atoms with Gasteiger partial charge in [0.1, 0.15) is 41.7 Å². The Balaban J connectivity index is 1.47. The van der Waals surface area contributed by atoms with Gasteiger partial charge in [-0.15, -0.1) is 0 Å². The maximum absolute atomic E-state index is 15.2. The molecule has 2 aromatic rings. The highest BCUT2D eigenvalue weighted by Crippen LogP contribution is 2.64. The number of aliphatic hydroxyl groups is 3. The van der Waals surface area contributed by atoms with Crippen molar-refractivity contribution in [3.8, 4) is 0 Å². The number of aliphatic hydroxyl groups excluding tert-OH is 2. The van der Waals surface area contributed by atoms with Crippen LogP contribution in [0, 0.1) is 16.7 Å². The Bertz CT molecular complexity index is 2240. The summed E-state index contributed by atoms with van der Waals surface area (Å²) < 4.78 is 36.3. The molecule has 0 spiro atoms. The van der Waals surface area contributed by atoms with E-state index >= 15 is 9.59 Å². The van der Waals surface area contributed by atoms with Crippen molar-refractivity contribution >= 4 is 35.8 Å². The van der Waals surface area contributed by atoms with E-state index in [4.69, 9.17) is 28.4 Å². The van der Waals surface area contributed by atoms with Gasteiger partial charge in [-0.25, -0.2) is 14.4 Å². The van der Waals surface area contributed by atoms with Gasteiger partial charge in [0.2, 0.25) is 6.10 Å². The lowest BCUT2D eigenvalue weighted by molar-refractivity contribution is -0.346. The Morgan fingerprint density at radius 3 is 2.07 bits per heavy atom. The van der Waals surface area contributed by atoms with Crippen LogP contribution in [0.5, 0.6) is 0 Å². The smallest absolute Gasteiger partial charge is 0.408 e. The molecule has 69 heavy (non-hydrogen) atoms. The van der Waals surface area contributed by atoms with Crippen molar-refractivity contribution in [3.05, 3.63) is 82.9 Å². The van der Waals surface area contributed by atoms with E-state index in [2.05, 4.69) is 12.2 Å². The van der Waals surface area contributed by atoms with E-state index in [1.807, 2.05) is 0 Å². The lowest BCUT2D eigenvalue weighted by atomic mass is 9.44. The number of amides is 1. The second-order valence-electron chi connectivity index (χ2n) is 20.9. The number of hydrogen-bond donors (Lipinski definition) is 4. The van der Waals surface area contributed by atoms with Crippen LogP contribution in [-0.2, 0) is 47.6 Å². The molecule has 16 nitrogen and oxygen atoms in total. The summed E-state index contributed by atoms with van der Waals surface area (Å²) in [6.07, 6.45) is -5.08. The third kappa shape index (κ3) is 10.6. The van der Waals surface area contributed by atoms with E-state index < -0.39 is 118 Å². The van der Waals surface area contributed by atoms with Gasteiger partial charge in [0.15, 0.2) is 11.4 Å². The first-order valence-electron chi connectivity index (χ1n) is 24.3. The van der Waals surface area contributed by atoms with Crippen LogP contribution in [0.3, 0.4) is 0 Å². The van der Waals surface area contributed by atoms with E-state index in [1.54, 1.807) is 83.1 Å². The van der Waals surface area contributed by atoms with Crippen molar-refractivity contribution < 1.29 is 72.5 Å². The van der Waals surface area contributed by atoms with Gasteiger partial charge in [0.25, 0.3) is 0 Å². The van der Waals surface area contributed by atoms with Crippen LogP contribution in [0.1, 0.15) is 148 Å². The Kier molecular flexibility index (Phi) is 16.2. The summed E-state index contributed by atoms with van der Waals surface area (Å²) in [7, 11) is 0. The summed E-state index contributed by atoms with van der Waals surface area (Å²) in [4.78, 5) is 84.9. The zero-order valence-corrected chi connectivity index (χ0v) is 41.4. The molecule has 2 aromatic carbocycles. The van der Waals surface area contributed by atoms with Gasteiger partial charge in [-0.05, 0) is 69.9 Å². The largest absolute Gasteiger partial charge is 0.455 e. The third-order valence-corrected chi connectivity index (χ3v) is 14.8. The van der Waals surface area contributed by atoms with Crippen molar-refractivity contribution in [3.63, 3.8) is 0 Å². The van der Waals surface area contributed by atoms with E-state index in [0.29, 0.717) is 12.0 Å². The molecule has 1 heterocycles. The molecule has 2 bridgehead atoms. The molecule has 1 saturated heterocycles. The van der Waals surface area contributed by atoms with Gasteiger partial charge in [-0.1, -0.05) is 108 Å². The van der Waals surface area contributed by atoms with Gasteiger partial charge in [0.05, 0.1) is 29.6 Å². The number of ketones is 1. The highest BCUT2D eigenvalue weighted by Gasteiger charge is 2.78. The number of benzene rings is 2. The standard InChI is InChI=1S/C53H71NO15/c1-10-11-12-13-14-15-22-27-38(57)66-42(40(33-23-18-16-19-24-33)54-48(62)69-49(4,5)6)47(61)65-35-29-53(63)45(67-46(60)34-25-20-17-21-26-34)43-51(9,44(59)41(58)39(31(35)2)50(53,7)8)36(56)28-37-52(43,30-64-37)68-32(3)55/h16-21,23-26,35-37,40-43,45,56,58,63H,10-15,22,27-30H2,1-9H3,(H,54,62)/t35-,36-,37+,40-,41+,42+,43?,45-,51+,52-,53+/m0/s1. The maximum atomic E-state index is 15.2. The lowest BCUT2D eigenvalue weighted by Gasteiger charge is -2.67. The van der Waals surface area contributed by atoms with E-state index in [0.717, 1.165) is 45.4 Å². The van der Waals surface area contributed by atoms with Gasteiger partial charge in [-0.2, -0.15) is 0 Å². The number of Topliss-reactive ketones (excluding diaryl/α,β-unsaturated/α-hetero) is 1. The first-order valence-corrected chi connectivity index (χ1v) is 24.3. The fraction of sp³-hybridized carbons (Fsp3) is 0.623. The SMILES string of the molecule is CCCCCCCCCC(=O)O[C@@H](C(=O)O[C@H]1C[C@@]2(O)[C@@H](OC(=O)c3ccccc3)C3[C@](C)(C(=O)[C@H](O)C(=C1C)C2(C)C)[C@@H](O)C[C@H]1OC[C@@]31OC(C)=O)[C@@H](NC(=O)OC(C)(C)C)c1ccccc1. The van der Waals surface area contributed by atoms with E-state index in [1.165, 1.54) is 26.0 Å². The van der Waals surface area contributed by atoms with Gasteiger partial charge in [-0.3, -0.25) is 14.4 Å². The first-order chi connectivity index (χ1) is 32.4. The van der Waals surface area contributed by atoms with Gasteiger partial charge in [0, 0.05) is 31.6 Å². The number of carbonyl (C=O) groups is 6. The minimum Gasteiger partial charge on any atom is -0.455 e. The second kappa shape index (κ2) is 21.1. The van der Waals surface area contributed by atoms with Crippen LogP contribution in [0.15, 0.2) is 71.8 Å².